The first-order chi connectivity index (χ1) is 13.1. The molecule has 0 N–H and O–H groups in total. The molecule has 0 aliphatic heterocycles. The summed E-state index contributed by atoms with van der Waals surface area (Å²) < 4.78 is 29.3. The lowest BCUT2D eigenvalue weighted by Crippen LogP contribution is -2.15. The second-order valence-corrected chi connectivity index (χ2v) is 8.16. The Hall–Kier alpha value is -1.70. The summed E-state index contributed by atoms with van der Waals surface area (Å²) in [7, 11) is 0. The van der Waals surface area contributed by atoms with Crippen molar-refractivity contribution in [1.82, 2.24) is 0 Å². The van der Waals surface area contributed by atoms with Crippen LogP contribution in [0, 0.1) is 23.5 Å². The fourth-order valence-corrected chi connectivity index (χ4v) is 4.50. The van der Waals surface area contributed by atoms with E-state index >= 15 is 0 Å². The molecular formula is C25H32F2. The second-order valence-electron chi connectivity index (χ2n) is 8.16. The molecule has 1 aliphatic carbocycles. The van der Waals surface area contributed by atoms with Crippen molar-refractivity contribution in [3.05, 3.63) is 59.2 Å². The van der Waals surface area contributed by atoms with Gasteiger partial charge in [-0.2, -0.15) is 0 Å². The van der Waals surface area contributed by atoms with Crippen LogP contribution in [0.15, 0.2) is 36.4 Å². The van der Waals surface area contributed by atoms with Gasteiger partial charge in [0.15, 0.2) is 11.6 Å². The standard InChI is InChI=1S/C25H32F2/c1-3-5-19-6-8-20(9-7-19)12-15-22-16-17-23(25(27)24(22)26)21-13-10-18(4-2)11-14-21/h10-11,13-14,16-17,19-20H,3-9,12,15H2,1-2H3/t19-,20-. The van der Waals surface area contributed by atoms with Gasteiger partial charge in [-0.25, -0.2) is 8.78 Å². The van der Waals surface area contributed by atoms with Crippen LogP contribution in [0.3, 0.4) is 0 Å². The lowest BCUT2D eigenvalue weighted by atomic mass is 9.78. The Morgan fingerprint density at radius 3 is 2.00 bits per heavy atom. The predicted octanol–water partition coefficient (Wildman–Crippen LogP) is 7.73. The number of halogens is 2. The van der Waals surface area contributed by atoms with Gasteiger partial charge in [-0.3, -0.25) is 0 Å². The highest BCUT2D eigenvalue weighted by Gasteiger charge is 2.21. The third-order valence-corrected chi connectivity index (χ3v) is 6.32. The van der Waals surface area contributed by atoms with Gasteiger partial charge in [0.05, 0.1) is 0 Å². The van der Waals surface area contributed by atoms with E-state index in [9.17, 15) is 8.78 Å². The van der Waals surface area contributed by atoms with Crippen molar-refractivity contribution in [2.45, 2.75) is 71.6 Å². The Bertz CT molecular complexity index is 725. The van der Waals surface area contributed by atoms with Crippen molar-refractivity contribution >= 4 is 0 Å². The highest BCUT2D eigenvalue weighted by atomic mass is 19.2. The van der Waals surface area contributed by atoms with E-state index in [0.29, 0.717) is 23.5 Å². The third kappa shape index (κ3) is 4.97. The number of benzene rings is 2. The summed E-state index contributed by atoms with van der Waals surface area (Å²) in [6, 6.07) is 11.2. The fraction of sp³-hybridized carbons (Fsp3) is 0.520. The van der Waals surface area contributed by atoms with E-state index in [0.717, 1.165) is 24.3 Å². The number of aryl methyl sites for hydroxylation is 2. The molecule has 1 saturated carbocycles. The maximum atomic E-state index is 14.7. The van der Waals surface area contributed by atoms with Gasteiger partial charge in [0.1, 0.15) is 0 Å². The van der Waals surface area contributed by atoms with Crippen LogP contribution in [0.5, 0.6) is 0 Å². The summed E-state index contributed by atoms with van der Waals surface area (Å²) in [6.07, 6.45) is 10.3. The van der Waals surface area contributed by atoms with Crippen molar-refractivity contribution in [3.8, 4) is 11.1 Å². The quantitative estimate of drug-likeness (QED) is 0.468. The molecule has 0 atom stereocenters. The van der Waals surface area contributed by atoms with Crippen LogP contribution in [-0.4, -0.2) is 0 Å². The van der Waals surface area contributed by atoms with Crippen LogP contribution in [0.1, 0.15) is 69.9 Å². The molecule has 0 heterocycles. The van der Waals surface area contributed by atoms with Gasteiger partial charge in [0.2, 0.25) is 0 Å². The number of hydrogen-bond donors (Lipinski definition) is 0. The van der Waals surface area contributed by atoms with Gasteiger partial charge in [-0.1, -0.05) is 88.8 Å². The molecule has 0 radical (unpaired) electrons. The summed E-state index contributed by atoms with van der Waals surface area (Å²) >= 11 is 0. The maximum Gasteiger partial charge on any atom is 0.166 e. The van der Waals surface area contributed by atoms with Gasteiger partial charge in [-0.05, 0) is 47.8 Å². The monoisotopic (exact) mass is 370 g/mol. The van der Waals surface area contributed by atoms with Gasteiger partial charge < -0.3 is 0 Å². The largest absolute Gasteiger partial charge is 0.203 e. The minimum absolute atomic E-state index is 0.360. The lowest BCUT2D eigenvalue weighted by molar-refractivity contribution is 0.251. The average Bonchev–Trinajstić information content (AvgIpc) is 2.71. The second kappa shape index (κ2) is 9.48. The molecule has 1 aliphatic rings. The van der Waals surface area contributed by atoms with E-state index in [1.54, 1.807) is 12.1 Å². The normalized spacial score (nSPS) is 20.0. The van der Waals surface area contributed by atoms with Crippen molar-refractivity contribution in [2.75, 3.05) is 0 Å². The Balaban J connectivity index is 1.63. The topological polar surface area (TPSA) is 0 Å². The minimum Gasteiger partial charge on any atom is -0.203 e. The molecule has 0 unspecified atom stereocenters. The lowest BCUT2D eigenvalue weighted by Gasteiger charge is -2.28. The Morgan fingerprint density at radius 2 is 1.41 bits per heavy atom. The van der Waals surface area contributed by atoms with Crippen molar-refractivity contribution in [2.24, 2.45) is 11.8 Å². The molecule has 27 heavy (non-hydrogen) atoms. The number of rotatable bonds is 7. The first-order valence-electron chi connectivity index (χ1n) is 10.7. The molecule has 2 aromatic rings. The average molecular weight is 371 g/mol. The molecule has 2 heteroatoms. The van der Waals surface area contributed by atoms with Gasteiger partial charge in [0, 0.05) is 5.56 Å². The molecule has 0 saturated heterocycles. The van der Waals surface area contributed by atoms with Gasteiger partial charge in [-0.15, -0.1) is 0 Å². The maximum absolute atomic E-state index is 14.7. The molecule has 1 fully saturated rings. The third-order valence-electron chi connectivity index (χ3n) is 6.32. The smallest absolute Gasteiger partial charge is 0.166 e. The first-order valence-corrected chi connectivity index (χ1v) is 10.7. The Kier molecular flexibility index (Phi) is 7.04. The summed E-state index contributed by atoms with van der Waals surface area (Å²) in [5.41, 5.74) is 2.82. The first kappa shape index (κ1) is 20.0. The zero-order valence-corrected chi connectivity index (χ0v) is 16.7. The molecule has 0 amide bonds. The van der Waals surface area contributed by atoms with E-state index in [1.807, 2.05) is 24.3 Å². The highest BCUT2D eigenvalue weighted by molar-refractivity contribution is 5.65. The molecular weight excluding hydrogens is 338 g/mol. The van der Waals surface area contributed by atoms with E-state index in [2.05, 4.69) is 13.8 Å². The summed E-state index contributed by atoms with van der Waals surface area (Å²) in [5, 5.41) is 0. The summed E-state index contributed by atoms with van der Waals surface area (Å²) in [4.78, 5) is 0. The zero-order valence-electron chi connectivity index (χ0n) is 16.7. The summed E-state index contributed by atoms with van der Waals surface area (Å²) in [6.45, 7) is 4.34. The molecule has 0 aromatic heterocycles. The van der Waals surface area contributed by atoms with E-state index in [-0.39, 0.29) is 0 Å². The van der Waals surface area contributed by atoms with E-state index in [1.165, 1.54) is 44.1 Å². The Morgan fingerprint density at radius 1 is 0.778 bits per heavy atom. The molecule has 3 rings (SSSR count). The van der Waals surface area contributed by atoms with Gasteiger partial charge in [0.25, 0.3) is 0 Å². The van der Waals surface area contributed by atoms with E-state index in [4.69, 9.17) is 0 Å². The van der Waals surface area contributed by atoms with Crippen LogP contribution in [0.2, 0.25) is 0 Å². The highest BCUT2D eigenvalue weighted by Crippen LogP contribution is 2.34. The van der Waals surface area contributed by atoms with Crippen LogP contribution >= 0.6 is 0 Å². The fourth-order valence-electron chi connectivity index (χ4n) is 4.50. The van der Waals surface area contributed by atoms with Gasteiger partial charge >= 0.3 is 0 Å². The van der Waals surface area contributed by atoms with Crippen molar-refractivity contribution in [3.63, 3.8) is 0 Å². The van der Waals surface area contributed by atoms with Crippen molar-refractivity contribution < 1.29 is 8.78 Å². The predicted molar refractivity (Wildman–Crippen MR) is 110 cm³/mol. The Labute approximate surface area is 163 Å². The molecule has 0 nitrogen and oxygen atoms in total. The van der Waals surface area contributed by atoms with Crippen LogP contribution in [0.25, 0.3) is 11.1 Å². The molecule has 146 valence electrons. The summed E-state index contributed by atoms with van der Waals surface area (Å²) in [5.74, 6) is 0.191. The van der Waals surface area contributed by atoms with E-state index < -0.39 is 11.6 Å². The SMILES string of the molecule is CCC[C@H]1CC[C@H](CCc2ccc(-c3ccc(CC)cc3)c(F)c2F)CC1. The molecule has 0 bridgehead atoms. The molecule has 0 spiro atoms. The molecule has 2 aromatic carbocycles. The van der Waals surface area contributed by atoms with Crippen LogP contribution in [0.4, 0.5) is 8.78 Å². The minimum atomic E-state index is -0.705. The van der Waals surface area contributed by atoms with Crippen LogP contribution in [-0.2, 0) is 12.8 Å². The van der Waals surface area contributed by atoms with Crippen molar-refractivity contribution in [1.29, 1.82) is 0 Å². The number of hydrogen-bond acceptors (Lipinski definition) is 0. The zero-order chi connectivity index (χ0) is 19.2. The van der Waals surface area contributed by atoms with Crippen LogP contribution < -0.4 is 0 Å².